The Morgan fingerprint density at radius 3 is 2.37 bits per heavy atom. The van der Waals surface area contributed by atoms with Crippen molar-refractivity contribution in [1.29, 1.82) is 0 Å². The van der Waals surface area contributed by atoms with Crippen LogP contribution in [0.4, 0.5) is 4.79 Å². The second-order valence-corrected chi connectivity index (χ2v) is 10.5. The maximum absolute atomic E-state index is 13.3. The molecule has 1 saturated heterocycles. The first kappa shape index (κ1) is 28.9. The molecule has 0 aliphatic carbocycles. The Kier molecular flexibility index (Phi) is 12.4. The average Bonchev–Trinajstić information content (AvgIpc) is 2.81. The number of nitrogens with one attached hydrogen (secondary N) is 3. The molecule has 0 radical (unpaired) electrons. The van der Waals surface area contributed by atoms with E-state index in [0.717, 1.165) is 25.2 Å². The van der Waals surface area contributed by atoms with E-state index in [0.29, 0.717) is 31.9 Å². The smallest absolute Gasteiger partial charge is 0.408 e. The number of alkyl carbamates (subject to hydrolysis) is 1. The predicted molar refractivity (Wildman–Crippen MR) is 139 cm³/mol. The van der Waals surface area contributed by atoms with E-state index in [1.807, 2.05) is 36.6 Å². The Balaban J connectivity index is 2.02. The Labute approximate surface area is 213 Å². The van der Waals surface area contributed by atoms with E-state index in [1.54, 1.807) is 32.5 Å². The van der Waals surface area contributed by atoms with Gasteiger partial charge in [0.05, 0.1) is 13.2 Å². The fraction of sp³-hybridized carbons (Fsp3) is 0.640. The molecule has 196 valence electrons. The van der Waals surface area contributed by atoms with E-state index in [-0.39, 0.29) is 12.3 Å². The number of rotatable bonds is 12. The third-order valence-corrected chi connectivity index (χ3v) is 6.01. The first-order valence-electron chi connectivity index (χ1n) is 12.1. The van der Waals surface area contributed by atoms with Crippen LogP contribution < -0.4 is 16.0 Å². The number of hydrogen-bond donors (Lipinski definition) is 3. The van der Waals surface area contributed by atoms with Crippen molar-refractivity contribution in [1.82, 2.24) is 20.9 Å². The summed E-state index contributed by atoms with van der Waals surface area (Å²) in [6, 6.07) is 7.84. The minimum Gasteiger partial charge on any atom is -0.444 e. The van der Waals surface area contributed by atoms with Gasteiger partial charge in [0.25, 0.3) is 0 Å². The lowest BCUT2D eigenvalue weighted by Crippen LogP contribution is -2.55. The van der Waals surface area contributed by atoms with Gasteiger partial charge in [-0.1, -0.05) is 30.3 Å². The zero-order valence-electron chi connectivity index (χ0n) is 21.3. The molecule has 0 saturated carbocycles. The van der Waals surface area contributed by atoms with Gasteiger partial charge in [-0.2, -0.15) is 11.8 Å². The summed E-state index contributed by atoms with van der Waals surface area (Å²) in [5.74, 6) is 0.0653. The molecular weight excluding hydrogens is 468 g/mol. The minimum atomic E-state index is -0.884. The summed E-state index contributed by atoms with van der Waals surface area (Å²) in [5.41, 5.74) is 0.193. The van der Waals surface area contributed by atoms with Crippen LogP contribution in [0.15, 0.2) is 30.3 Å². The van der Waals surface area contributed by atoms with Gasteiger partial charge in [0.1, 0.15) is 17.7 Å². The summed E-state index contributed by atoms with van der Waals surface area (Å²) in [4.78, 5) is 40.9. The fourth-order valence-corrected chi connectivity index (χ4v) is 4.04. The van der Waals surface area contributed by atoms with Crippen LogP contribution in [0.5, 0.6) is 0 Å². The highest BCUT2D eigenvalue weighted by molar-refractivity contribution is 7.98. The Morgan fingerprint density at radius 2 is 1.74 bits per heavy atom. The van der Waals surface area contributed by atoms with Crippen LogP contribution in [-0.2, 0) is 25.5 Å². The summed E-state index contributed by atoms with van der Waals surface area (Å²) in [6.45, 7) is 9.61. The highest BCUT2D eigenvalue weighted by atomic mass is 32.2. The van der Waals surface area contributed by atoms with E-state index in [1.165, 1.54) is 0 Å². The van der Waals surface area contributed by atoms with Crippen LogP contribution in [0.3, 0.4) is 0 Å². The van der Waals surface area contributed by atoms with Gasteiger partial charge in [-0.25, -0.2) is 4.79 Å². The van der Waals surface area contributed by atoms with Gasteiger partial charge >= 0.3 is 6.09 Å². The predicted octanol–water partition coefficient (Wildman–Crippen LogP) is 1.81. The van der Waals surface area contributed by atoms with Gasteiger partial charge in [0.2, 0.25) is 11.8 Å². The Hall–Kier alpha value is -2.30. The number of ether oxygens (including phenoxy) is 2. The molecule has 1 aromatic carbocycles. The van der Waals surface area contributed by atoms with Crippen LogP contribution in [0, 0.1) is 0 Å². The van der Waals surface area contributed by atoms with Gasteiger partial charge in [0.15, 0.2) is 0 Å². The summed E-state index contributed by atoms with van der Waals surface area (Å²) < 4.78 is 10.7. The maximum atomic E-state index is 13.3. The first-order chi connectivity index (χ1) is 16.7. The number of morpholine rings is 1. The first-order valence-corrected chi connectivity index (χ1v) is 13.5. The van der Waals surface area contributed by atoms with E-state index in [2.05, 4.69) is 20.9 Å². The van der Waals surface area contributed by atoms with Crippen molar-refractivity contribution in [3.8, 4) is 0 Å². The highest BCUT2D eigenvalue weighted by Gasteiger charge is 2.28. The third-order valence-electron chi connectivity index (χ3n) is 5.36. The molecule has 0 bridgehead atoms. The monoisotopic (exact) mass is 508 g/mol. The number of carbonyl (C=O) groups is 3. The Morgan fingerprint density at radius 1 is 1.06 bits per heavy atom. The van der Waals surface area contributed by atoms with Crippen molar-refractivity contribution in [3.05, 3.63) is 35.9 Å². The lowest BCUT2D eigenvalue weighted by atomic mass is 10.0. The molecule has 1 aromatic rings. The molecule has 2 rings (SSSR count). The van der Waals surface area contributed by atoms with Crippen molar-refractivity contribution >= 4 is 29.7 Å². The van der Waals surface area contributed by atoms with E-state index in [4.69, 9.17) is 9.47 Å². The molecular formula is C25H40N4O5S. The van der Waals surface area contributed by atoms with Crippen molar-refractivity contribution < 1.29 is 23.9 Å². The zero-order chi connectivity index (χ0) is 25.7. The second kappa shape index (κ2) is 15.0. The minimum absolute atomic E-state index is 0.226. The van der Waals surface area contributed by atoms with Crippen molar-refractivity contribution in [2.45, 2.75) is 51.3 Å². The number of thioether (sulfide) groups is 1. The summed E-state index contributed by atoms with van der Waals surface area (Å²) >= 11 is 1.61. The lowest BCUT2D eigenvalue weighted by molar-refractivity contribution is -0.130. The maximum Gasteiger partial charge on any atom is 0.408 e. The lowest BCUT2D eigenvalue weighted by Gasteiger charge is -2.27. The van der Waals surface area contributed by atoms with Crippen LogP contribution in [0.25, 0.3) is 0 Å². The number of amides is 3. The second-order valence-electron chi connectivity index (χ2n) is 9.48. The number of carbonyl (C=O) groups excluding carboxylic acids is 3. The summed E-state index contributed by atoms with van der Waals surface area (Å²) in [6.07, 6.45) is 2.04. The van der Waals surface area contributed by atoms with Crippen molar-refractivity contribution in [2.24, 2.45) is 0 Å². The highest BCUT2D eigenvalue weighted by Crippen LogP contribution is 2.10. The van der Waals surface area contributed by atoms with E-state index >= 15 is 0 Å². The molecule has 3 amide bonds. The van der Waals surface area contributed by atoms with Gasteiger partial charge in [-0.3, -0.25) is 14.5 Å². The van der Waals surface area contributed by atoms with Crippen LogP contribution in [0.2, 0.25) is 0 Å². The standard InChI is InChI=1S/C25H40N4O5S/c1-25(2,3)34-24(32)28-21(18-19-8-6-5-7-9-19)23(31)27-20(10-17-35-4)22(30)26-11-12-29-13-15-33-16-14-29/h5-9,20-21H,10-18H2,1-4H3,(H,26,30)(H,27,31)(H,28,32)/t20-,21-/m0/s1. The molecule has 10 heteroatoms. The molecule has 0 aromatic heterocycles. The summed E-state index contributed by atoms with van der Waals surface area (Å²) in [7, 11) is 0. The zero-order valence-corrected chi connectivity index (χ0v) is 22.1. The van der Waals surface area contributed by atoms with Crippen molar-refractivity contribution in [3.63, 3.8) is 0 Å². The largest absolute Gasteiger partial charge is 0.444 e. The third kappa shape index (κ3) is 11.8. The molecule has 1 heterocycles. The molecule has 35 heavy (non-hydrogen) atoms. The van der Waals surface area contributed by atoms with Gasteiger partial charge in [0, 0.05) is 32.6 Å². The molecule has 0 unspecified atom stereocenters. The van der Waals surface area contributed by atoms with Gasteiger partial charge in [-0.05, 0) is 44.8 Å². The molecule has 9 nitrogen and oxygen atoms in total. The fourth-order valence-electron chi connectivity index (χ4n) is 3.57. The van der Waals surface area contributed by atoms with Crippen molar-refractivity contribution in [2.75, 3.05) is 51.4 Å². The topological polar surface area (TPSA) is 109 Å². The number of nitrogens with zero attached hydrogens (tertiary/aromatic N) is 1. The van der Waals surface area contributed by atoms with Crippen LogP contribution >= 0.6 is 11.8 Å². The summed E-state index contributed by atoms with van der Waals surface area (Å²) in [5, 5.41) is 8.49. The van der Waals surface area contributed by atoms with Gasteiger partial charge < -0.3 is 25.4 Å². The van der Waals surface area contributed by atoms with E-state index < -0.39 is 29.7 Å². The quantitative estimate of drug-likeness (QED) is 0.395. The molecule has 3 N–H and O–H groups in total. The number of benzene rings is 1. The molecule has 1 fully saturated rings. The SMILES string of the molecule is CSCC[C@H](NC(=O)[C@H](Cc1ccccc1)NC(=O)OC(C)(C)C)C(=O)NCCN1CCOCC1. The molecule has 1 aliphatic heterocycles. The molecule has 2 atom stereocenters. The van der Waals surface area contributed by atoms with Gasteiger partial charge in [-0.15, -0.1) is 0 Å². The normalized spacial score (nSPS) is 16.1. The van der Waals surface area contributed by atoms with Crippen LogP contribution in [-0.4, -0.2) is 91.9 Å². The molecule has 1 aliphatic rings. The molecule has 0 spiro atoms. The average molecular weight is 509 g/mol. The van der Waals surface area contributed by atoms with E-state index in [9.17, 15) is 14.4 Å². The van der Waals surface area contributed by atoms with Crippen LogP contribution in [0.1, 0.15) is 32.8 Å². The number of hydrogen-bond acceptors (Lipinski definition) is 7. The Bertz CT molecular complexity index is 797.